The van der Waals surface area contributed by atoms with E-state index in [-0.39, 0.29) is 11.9 Å². The maximum Gasteiger partial charge on any atom is 0.252 e. The molecule has 5 N–H and O–H groups in total. The molecule has 1 heterocycles. The summed E-state index contributed by atoms with van der Waals surface area (Å²) in [6.07, 6.45) is 0. The number of hydrogen-bond donors (Lipinski definition) is 3. The molecule has 0 aliphatic carbocycles. The van der Waals surface area contributed by atoms with E-state index in [1.807, 2.05) is 32.0 Å². The summed E-state index contributed by atoms with van der Waals surface area (Å²) >= 11 is 1.69. The summed E-state index contributed by atoms with van der Waals surface area (Å²) in [5.41, 5.74) is 15.8. The molecule has 0 aliphatic rings. The van der Waals surface area contributed by atoms with Crippen LogP contribution in [-0.4, -0.2) is 5.91 Å². The minimum absolute atomic E-state index is 0.114. The monoisotopic (exact) mass is 365 g/mol. The summed E-state index contributed by atoms with van der Waals surface area (Å²) in [5, 5.41) is 3.06. The number of nitrogen functional groups attached to an aromatic ring is 1. The zero-order valence-corrected chi connectivity index (χ0v) is 15.8. The Morgan fingerprint density at radius 2 is 1.96 bits per heavy atom. The van der Waals surface area contributed by atoms with Crippen LogP contribution in [0.4, 0.5) is 5.69 Å². The van der Waals surface area contributed by atoms with Crippen LogP contribution >= 0.6 is 11.3 Å². The number of benzene rings is 2. The van der Waals surface area contributed by atoms with Crippen LogP contribution in [0.2, 0.25) is 0 Å². The van der Waals surface area contributed by atoms with Crippen molar-refractivity contribution < 1.29 is 4.79 Å². The maximum absolute atomic E-state index is 12.6. The number of anilines is 1. The molecule has 5 heteroatoms. The molecule has 3 rings (SSSR count). The van der Waals surface area contributed by atoms with E-state index in [0.717, 1.165) is 21.6 Å². The number of carbonyl (C=O) groups is 1. The Morgan fingerprint density at radius 3 is 2.69 bits per heavy atom. The molecule has 26 heavy (non-hydrogen) atoms. The largest absolute Gasteiger partial charge is 0.399 e. The molecule has 134 valence electrons. The lowest BCUT2D eigenvalue weighted by atomic mass is 10.0. The number of hydrogen-bond acceptors (Lipinski definition) is 4. The van der Waals surface area contributed by atoms with Crippen LogP contribution in [0, 0.1) is 6.92 Å². The highest BCUT2D eigenvalue weighted by atomic mass is 32.1. The molecule has 1 unspecified atom stereocenters. The van der Waals surface area contributed by atoms with Gasteiger partial charge in [-0.15, -0.1) is 11.3 Å². The second kappa shape index (κ2) is 7.72. The fourth-order valence-electron chi connectivity index (χ4n) is 2.85. The standard InChI is InChI=1S/C21H23N3OS/c1-13-6-7-17(23)11-19(13)21(25)24-14(2)15-4-3-5-16(10-15)20-9-8-18(12-22)26-20/h3-11,14H,12,22-23H2,1-2H3,(H,24,25). The van der Waals surface area contributed by atoms with Gasteiger partial charge in [0.15, 0.2) is 0 Å². The Hall–Kier alpha value is -2.63. The highest BCUT2D eigenvalue weighted by molar-refractivity contribution is 7.15. The van der Waals surface area contributed by atoms with E-state index in [2.05, 4.69) is 29.6 Å². The number of rotatable bonds is 5. The number of nitrogens with two attached hydrogens (primary N) is 2. The quantitative estimate of drug-likeness (QED) is 0.591. The van der Waals surface area contributed by atoms with Crippen molar-refractivity contribution >= 4 is 22.9 Å². The Bertz CT molecular complexity index is 933. The molecule has 1 amide bonds. The van der Waals surface area contributed by atoms with Gasteiger partial charge in [0.05, 0.1) is 6.04 Å². The molecule has 0 spiro atoms. The number of amides is 1. The molecule has 0 bridgehead atoms. The summed E-state index contributed by atoms with van der Waals surface area (Å²) in [6, 6.07) is 17.6. The van der Waals surface area contributed by atoms with Gasteiger partial charge in [-0.3, -0.25) is 4.79 Å². The zero-order valence-electron chi connectivity index (χ0n) is 15.0. The van der Waals surface area contributed by atoms with Gasteiger partial charge in [-0.2, -0.15) is 0 Å². The highest BCUT2D eigenvalue weighted by Gasteiger charge is 2.14. The molecule has 0 aliphatic heterocycles. The summed E-state index contributed by atoms with van der Waals surface area (Å²) in [4.78, 5) is 15.0. The van der Waals surface area contributed by atoms with Crippen molar-refractivity contribution in [3.63, 3.8) is 0 Å². The smallest absolute Gasteiger partial charge is 0.252 e. The van der Waals surface area contributed by atoms with Crippen LogP contribution < -0.4 is 16.8 Å². The van der Waals surface area contributed by atoms with E-state index < -0.39 is 0 Å². The summed E-state index contributed by atoms with van der Waals surface area (Å²) in [7, 11) is 0. The summed E-state index contributed by atoms with van der Waals surface area (Å²) in [5.74, 6) is -0.116. The Balaban J connectivity index is 1.79. The molecule has 0 saturated heterocycles. The molecular formula is C21H23N3OS. The van der Waals surface area contributed by atoms with Gasteiger partial charge in [-0.1, -0.05) is 24.3 Å². The minimum atomic E-state index is -0.116. The minimum Gasteiger partial charge on any atom is -0.399 e. The Kier molecular flexibility index (Phi) is 5.40. The van der Waals surface area contributed by atoms with Crippen LogP contribution in [-0.2, 0) is 6.54 Å². The first-order valence-electron chi connectivity index (χ1n) is 8.54. The van der Waals surface area contributed by atoms with E-state index in [0.29, 0.717) is 17.8 Å². The van der Waals surface area contributed by atoms with E-state index in [1.54, 1.807) is 23.5 Å². The van der Waals surface area contributed by atoms with Crippen LogP contribution in [0.5, 0.6) is 0 Å². The average Bonchev–Trinajstić information content (AvgIpc) is 3.13. The van der Waals surface area contributed by atoms with E-state index >= 15 is 0 Å². The number of nitrogens with one attached hydrogen (secondary N) is 1. The highest BCUT2D eigenvalue weighted by Crippen LogP contribution is 2.29. The molecule has 3 aromatic rings. The Labute approximate surface area is 157 Å². The predicted molar refractivity (Wildman–Crippen MR) is 109 cm³/mol. The van der Waals surface area contributed by atoms with E-state index in [1.165, 1.54) is 4.88 Å². The first-order chi connectivity index (χ1) is 12.5. The van der Waals surface area contributed by atoms with Gasteiger partial charge in [-0.05, 0) is 60.9 Å². The van der Waals surface area contributed by atoms with Crippen molar-refractivity contribution in [2.24, 2.45) is 5.73 Å². The normalized spacial score (nSPS) is 12.0. The number of carbonyl (C=O) groups excluding carboxylic acids is 1. The van der Waals surface area contributed by atoms with Gasteiger partial charge in [-0.25, -0.2) is 0 Å². The second-order valence-corrected chi connectivity index (χ2v) is 7.53. The van der Waals surface area contributed by atoms with Crippen molar-refractivity contribution in [2.75, 3.05) is 5.73 Å². The molecular weight excluding hydrogens is 342 g/mol. The molecule has 0 radical (unpaired) electrons. The number of aryl methyl sites for hydroxylation is 1. The first kappa shape index (κ1) is 18.2. The van der Waals surface area contributed by atoms with Gasteiger partial charge in [0.25, 0.3) is 5.91 Å². The third-order valence-corrected chi connectivity index (χ3v) is 5.54. The zero-order chi connectivity index (χ0) is 18.7. The molecule has 0 saturated carbocycles. The van der Waals surface area contributed by atoms with Crippen molar-refractivity contribution in [3.05, 3.63) is 76.2 Å². The average molecular weight is 366 g/mol. The first-order valence-corrected chi connectivity index (χ1v) is 9.35. The van der Waals surface area contributed by atoms with Gasteiger partial charge in [0, 0.05) is 27.5 Å². The lowest BCUT2D eigenvalue weighted by molar-refractivity contribution is 0.0939. The fourth-order valence-corrected chi connectivity index (χ4v) is 3.73. The summed E-state index contributed by atoms with van der Waals surface area (Å²) < 4.78 is 0. The fraction of sp³-hybridized carbons (Fsp3) is 0.190. The van der Waals surface area contributed by atoms with E-state index in [9.17, 15) is 4.79 Å². The topological polar surface area (TPSA) is 81.1 Å². The Morgan fingerprint density at radius 1 is 1.15 bits per heavy atom. The predicted octanol–water partition coefficient (Wildman–Crippen LogP) is 4.26. The summed E-state index contributed by atoms with van der Waals surface area (Å²) in [6.45, 7) is 4.44. The molecule has 1 aromatic heterocycles. The molecule has 2 aromatic carbocycles. The van der Waals surface area contributed by atoms with Crippen molar-refractivity contribution in [1.29, 1.82) is 0 Å². The number of thiophene rings is 1. The molecule has 0 fully saturated rings. The van der Waals surface area contributed by atoms with Gasteiger partial charge < -0.3 is 16.8 Å². The lowest BCUT2D eigenvalue weighted by Crippen LogP contribution is -2.27. The second-order valence-electron chi connectivity index (χ2n) is 6.37. The van der Waals surface area contributed by atoms with Crippen LogP contribution in [0.1, 0.15) is 39.3 Å². The molecule has 1 atom stereocenters. The van der Waals surface area contributed by atoms with Gasteiger partial charge >= 0.3 is 0 Å². The van der Waals surface area contributed by atoms with E-state index in [4.69, 9.17) is 11.5 Å². The molecule has 4 nitrogen and oxygen atoms in total. The van der Waals surface area contributed by atoms with Crippen molar-refractivity contribution in [3.8, 4) is 10.4 Å². The third-order valence-electron chi connectivity index (χ3n) is 4.39. The SMILES string of the molecule is Cc1ccc(N)cc1C(=O)NC(C)c1cccc(-c2ccc(CN)s2)c1. The van der Waals surface area contributed by atoms with Crippen molar-refractivity contribution in [1.82, 2.24) is 5.32 Å². The van der Waals surface area contributed by atoms with Crippen LogP contribution in [0.15, 0.2) is 54.6 Å². The maximum atomic E-state index is 12.6. The lowest BCUT2D eigenvalue weighted by Gasteiger charge is -2.16. The third kappa shape index (κ3) is 3.95. The van der Waals surface area contributed by atoms with Crippen LogP contribution in [0.25, 0.3) is 10.4 Å². The van der Waals surface area contributed by atoms with Crippen LogP contribution in [0.3, 0.4) is 0 Å². The van der Waals surface area contributed by atoms with Gasteiger partial charge in [0.1, 0.15) is 0 Å². The van der Waals surface area contributed by atoms with Crippen molar-refractivity contribution in [2.45, 2.75) is 26.4 Å². The van der Waals surface area contributed by atoms with Gasteiger partial charge in [0.2, 0.25) is 0 Å².